The van der Waals surface area contributed by atoms with E-state index in [0.717, 1.165) is 30.3 Å². The van der Waals surface area contributed by atoms with Crippen molar-refractivity contribution in [3.8, 4) is 0 Å². The molecule has 0 fully saturated rings. The summed E-state index contributed by atoms with van der Waals surface area (Å²) < 4.78 is 0. The van der Waals surface area contributed by atoms with Crippen molar-refractivity contribution in [2.75, 3.05) is 12.3 Å². The Morgan fingerprint density at radius 3 is 3.09 bits per heavy atom. The summed E-state index contributed by atoms with van der Waals surface area (Å²) in [4.78, 5) is 3.98. The number of H-pyrrole nitrogens is 1. The van der Waals surface area contributed by atoms with Crippen LogP contribution in [0.3, 0.4) is 0 Å². The van der Waals surface area contributed by atoms with Gasteiger partial charge in [0.1, 0.15) is 6.33 Å². The van der Waals surface area contributed by atoms with Crippen molar-refractivity contribution in [2.45, 2.75) is 18.0 Å². The summed E-state index contributed by atoms with van der Waals surface area (Å²) in [6.07, 6.45) is 3.74. The summed E-state index contributed by atoms with van der Waals surface area (Å²) in [6, 6.07) is 0. The molecule has 0 aliphatic heterocycles. The maximum atomic E-state index is 5.34. The van der Waals surface area contributed by atoms with E-state index in [0.29, 0.717) is 0 Å². The fourth-order valence-corrected chi connectivity index (χ4v) is 1.46. The highest BCUT2D eigenvalue weighted by Crippen LogP contribution is 2.11. The number of aromatic amines is 1. The third kappa shape index (κ3) is 3.38. The van der Waals surface area contributed by atoms with Crippen molar-refractivity contribution < 1.29 is 0 Å². The van der Waals surface area contributed by atoms with Gasteiger partial charge in [0, 0.05) is 5.75 Å². The third-order valence-electron chi connectivity index (χ3n) is 1.23. The van der Waals surface area contributed by atoms with Crippen LogP contribution in [0.2, 0.25) is 0 Å². The Balaban J connectivity index is 2.04. The Labute approximate surface area is 70.0 Å². The lowest BCUT2D eigenvalue weighted by Crippen LogP contribution is -1.98. The molecule has 3 N–H and O–H groups in total. The Morgan fingerprint density at radius 1 is 1.55 bits per heavy atom. The molecule has 62 valence electrons. The lowest BCUT2D eigenvalue weighted by atomic mass is 10.3. The van der Waals surface area contributed by atoms with Gasteiger partial charge >= 0.3 is 0 Å². The molecule has 0 aromatic carbocycles. The van der Waals surface area contributed by atoms with E-state index in [9.17, 15) is 0 Å². The van der Waals surface area contributed by atoms with Gasteiger partial charge in [-0.2, -0.15) is 5.10 Å². The molecule has 11 heavy (non-hydrogen) atoms. The van der Waals surface area contributed by atoms with Crippen LogP contribution in [0.5, 0.6) is 0 Å². The zero-order chi connectivity index (χ0) is 7.94. The molecule has 0 bridgehead atoms. The molecule has 0 radical (unpaired) electrons. The minimum atomic E-state index is 0.775. The van der Waals surface area contributed by atoms with Gasteiger partial charge in [-0.05, 0) is 19.4 Å². The molecular formula is C6H12N4S. The van der Waals surface area contributed by atoms with E-state index in [4.69, 9.17) is 5.73 Å². The van der Waals surface area contributed by atoms with Crippen LogP contribution in [-0.2, 0) is 0 Å². The third-order valence-corrected chi connectivity index (χ3v) is 2.19. The van der Waals surface area contributed by atoms with Gasteiger partial charge in [0.15, 0.2) is 5.16 Å². The minimum absolute atomic E-state index is 0.775. The second-order valence-electron chi connectivity index (χ2n) is 2.13. The minimum Gasteiger partial charge on any atom is -0.330 e. The number of thioether (sulfide) groups is 1. The molecule has 0 atom stereocenters. The first-order chi connectivity index (χ1) is 5.43. The normalized spacial score (nSPS) is 10.3. The Morgan fingerprint density at radius 2 is 2.45 bits per heavy atom. The number of rotatable bonds is 5. The summed E-state index contributed by atoms with van der Waals surface area (Å²) in [5.74, 6) is 1.06. The summed E-state index contributed by atoms with van der Waals surface area (Å²) in [6.45, 7) is 0.775. The fraction of sp³-hybridized carbons (Fsp3) is 0.667. The van der Waals surface area contributed by atoms with Gasteiger partial charge in [-0.3, -0.25) is 5.10 Å². The molecular weight excluding hydrogens is 160 g/mol. The second-order valence-corrected chi connectivity index (χ2v) is 3.22. The molecule has 4 nitrogen and oxygen atoms in total. The Kier molecular flexibility index (Phi) is 4.00. The number of nitrogens with zero attached hydrogens (tertiary/aromatic N) is 2. The molecule has 1 aromatic heterocycles. The zero-order valence-corrected chi connectivity index (χ0v) is 7.10. The molecule has 0 aliphatic rings. The molecule has 0 amide bonds. The monoisotopic (exact) mass is 172 g/mol. The zero-order valence-electron chi connectivity index (χ0n) is 6.29. The van der Waals surface area contributed by atoms with Crippen molar-refractivity contribution in [2.24, 2.45) is 5.73 Å². The van der Waals surface area contributed by atoms with Crippen LogP contribution in [0, 0.1) is 0 Å². The predicted molar refractivity (Wildman–Crippen MR) is 45.4 cm³/mol. The highest BCUT2D eigenvalue weighted by molar-refractivity contribution is 7.99. The molecule has 5 heteroatoms. The van der Waals surface area contributed by atoms with E-state index >= 15 is 0 Å². The maximum absolute atomic E-state index is 5.34. The van der Waals surface area contributed by atoms with E-state index in [2.05, 4.69) is 15.2 Å². The van der Waals surface area contributed by atoms with Crippen LogP contribution in [0.15, 0.2) is 11.5 Å². The van der Waals surface area contributed by atoms with Crippen molar-refractivity contribution in [3.63, 3.8) is 0 Å². The molecule has 1 rings (SSSR count). The molecule has 0 saturated carbocycles. The second kappa shape index (κ2) is 5.15. The van der Waals surface area contributed by atoms with Crippen molar-refractivity contribution in [3.05, 3.63) is 6.33 Å². The first kappa shape index (κ1) is 8.55. The fourth-order valence-electron chi connectivity index (χ4n) is 0.679. The molecule has 0 spiro atoms. The summed E-state index contributed by atoms with van der Waals surface area (Å²) in [5, 5.41) is 7.41. The maximum Gasteiger partial charge on any atom is 0.183 e. The average Bonchev–Trinajstić information content (AvgIpc) is 2.50. The van der Waals surface area contributed by atoms with Gasteiger partial charge in [0.25, 0.3) is 0 Å². The SMILES string of the molecule is NCCCCSc1ncn[nH]1. The van der Waals surface area contributed by atoms with Gasteiger partial charge in [-0.15, -0.1) is 0 Å². The first-order valence-electron chi connectivity index (χ1n) is 3.61. The van der Waals surface area contributed by atoms with Crippen LogP contribution in [0.4, 0.5) is 0 Å². The lowest BCUT2D eigenvalue weighted by Gasteiger charge is -1.94. The van der Waals surface area contributed by atoms with Crippen LogP contribution < -0.4 is 5.73 Å². The molecule has 0 unspecified atom stereocenters. The predicted octanol–water partition coefficient (Wildman–Crippen LogP) is 0.636. The summed E-state index contributed by atoms with van der Waals surface area (Å²) in [7, 11) is 0. The molecule has 1 heterocycles. The topological polar surface area (TPSA) is 67.6 Å². The van der Waals surface area contributed by atoms with Crippen LogP contribution in [0.25, 0.3) is 0 Å². The Hall–Kier alpha value is -0.550. The van der Waals surface area contributed by atoms with Gasteiger partial charge in [0.05, 0.1) is 0 Å². The van der Waals surface area contributed by atoms with E-state index < -0.39 is 0 Å². The smallest absolute Gasteiger partial charge is 0.183 e. The molecule has 0 saturated heterocycles. The Bertz CT molecular complexity index is 175. The van der Waals surface area contributed by atoms with Crippen LogP contribution in [0.1, 0.15) is 12.8 Å². The van der Waals surface area contributed by atoms with Crippen LogP contribution in [-0.4, -0.2) is 27.5 Å². The van der Waals surface area contributed by atoms with Crippen LogP contribution >= 0.6 is 11.8 Å². The number of hydrogen-bond donors (Lipinski definition) is 2. The highest BCUT2D eigenvalue weighted by atomic mass is 32.2. The van der Waals surface area contributed by atoms with Gasteiger partial charge in [-0.25, -0.2) is 4.98 Å². The van der Waals surface area contributed by atoms with E-state index in [-0.39, 0.29) is 0 Å². The lowest BCUT2D eigenvalue weighted by molar-refractivity contribution is 0.812. The van der Waals surface area contributed by atoms with E-state index in [1.807, 2.05) is 0 Å². The molecule has 1 aromatic rings. The van der Waals surface area contributed by atoms with E-state index in [1.165, 1.54) is 6.33 Å². The van der Waals surface area contributed by atoms with Gasteiger partial charge in [-0.1, -0.05) is 11.8 Å². The first-order valence-corrected chi connectivity index (χ1v) is 4.60. The number of unbranched alkanes of at least 4 members (excludes halogenated alkanes) is 1. The van der Waals surface area contributed by atoms with Crippen molar-refractivity contribution >= 4 is 11.8 Å². The number of nitrogens with two attached hydrogens (primary N) is 1. The summed E-state index contributed by atoms with van der Waals surface area (Å²) in [5.41, 5.74) is 5.34. The quantitative estimate of drug-likeness (QED) is 0.505. The largest absolute Gasteiger partial charge is 0.330 e. The van der Waals surface area contributed by atoms with E-state index in [1.54, 1.807) is 11.8 Å². The standard InChI is InChI=1S/C6H12N4S/c7-3-1-2-4-11-6-8-5-9-10-6/h5H,1-4,7H2,(H,8,9,10). The van der Waals surface area contributed by atoms with Crippen molar-refractivity contribution in [1.29, 1.82) is 0 Å². The van der Waals surface area contributed by atoms with Gasteiger partial charge in [0.2, 0.25) is 0 Å². The number of hydrogen-bond acceptors (Lipinski definition) is 4. The number of aromatic nitrogens is 3. The molecule has 0 aliphatic carbocycles. The highest BCUT2D eigenvalue weighted by Gasteiger charge is 1.94. The number of nitrogens with one attached hydrogen (secondary N) is 1. The van der Waals surface area contributed by atoms with Crippen molar-refractivity contribution in [1.82, 2.24) is 15.2 Å². The summed E-state index contributed by atoms with van der Waals surface area (Å²) >= 11 is 1.68. The van der Waals surface area contributed by atoms with Gasteiger partial charge < -0.3 is 5.73 Å². The average molecular weight is 172 g/mol.